The van der Waals surface area contributed by atoms with Crippen molar-refractivity contribution >= 4 is 66.7 Å². The van der Waals surface area contributed by atoms with Gasteiger partial charge in [0.25, 0.3) is 10.0 Å². The maximum absolute atomic E-state index is 13.9. The molecule has 11 heteroatoms. The van der Waals surface area contributed by atoms with E-state index in [1.807, 2.05) is 6.92 Å². The van der Waals surface area contributed by atoms with Crippen LogP contribution in [-0.2, 0) is 26.2 Å². The van der Waals surface area contributed by atoms with E-state index in [-0.39, 0.29) is 23.0 Å². The number of nitrogens with zero attached hydrogens (tertiary/aromatic N) is 2. The van der Waals surface area contributed by atoms with Crippen LogP contribution < -0.4 is 9.62 Å². The lowest BCUT2D eigenvalue weighted by Crippen LogP contribution is -2.51. The average molecular weight is 641 g/mol. The third-order valence-electron chi connectivity index (χ3n) is 5.81. The molecule has 3 aromatic carbocycles. The minimum atomic E-state index is -4.14. The van der Waals surface area contributed by atoms with Crippen molar-refractivity contribution in [3.8, 4) is 0 Å². The van der Waals surface area contributed by atoms with Gasteiger partial charge in [0.2, 0.25) is 11.8 Å². The second kappa shape index (κ2) is 13.5. The van der Waals surface area contributed by atoms with E-state index in [1.165, 1.54) is 17.0 Å². The molecule has 3 rings (SSSR count). The van der Waals surface area contributed by atoms with Crippen LogP contribution in [0.1, 0.15) is 25.8 Å². The van der Waals surface area contributed by atoms with Gasteiger partial charge in [-0.15, -0.1) is 0 Å². The fourth-order valence-electron chi connectivity index (χ4n) is 3.71. The van der Waals surface area contributed by atoms with Gasteiger partial charge < -0.3 is 10.2 Å². The first kappa shape index (κ1) is 30.0. The van der Waals surface area contributed by atoms with Crippen molar-refractivity contribution in [1.82, 2.24) is 10.2 Å². The highest BCUT2D eigenvalue weighted by Crippen LogP contribution is 2.29. The van der Waals surface area contributed by atoms with Crippen molar-refractivity contribution in [3.05, 3.63) is 92.9 Å². The molecule has 0 bridgehead atoms. The number of hydrogen-bond donors (Lipinski definition) is 1. The first-order chi connectivity index (χ1) is 18.1. The Kier molecular flexibility index (Phi) is 10.6. The molecule has 0 spiro atoms. The number of hydrogen-bond acceptors (Lipinski definition) is 4. The molecule has 7 nitrogen and oxygen atoms in total. The number of anilines is 1. The molecule has 3 aromatic rings. The number of rotatable bonds is 11. The first-order valence-corrected chi connectivity index (χ1v) is 14.9. The van der Waals surface area contributed by atoms with E-state index >= 15 is 0 Å². The van der Waals surface area contributed by atoms with Gasteiger partial charge in [0, 0.05) is 33.2 Å². The Labute approximate surface area is 241 Å². The predicted molar refractivity (Wildman–Crippen MR) is 155 cm³/mol. The van der Waals surface area contributed by atoms with Gasteiger partial charge in [0.05, 0.1) is 10.6 Å². The number of sulfonamides is 1. The van der Waals surface area contributed by atoms with Gasteiger partial charge >= 0.3 is 0 Å². The van der Waals surface area contributed by atoms with Crippen LogP contribution in [0.4, 0.5) is 5.69 Å². The molecular weight excluding hydrogens is 613 g/mol. The molecule has 0 aliphatic rings. The summed E-state index contributed by atoms with van der Waals surface area (Å²) in [5.41, 5.74) is 0.745. The van der Waals surface area contributed by atoms with Gasteiger partial charge in [-0.2, -0.15) is 0 Å². The Balaban J connectivity index is 2.05. The zero-order valence-corrected chi connectivity index (χ0v) is 24.8. The topological polar surface area (TPSA) is 86.8 Å². The Morgan fingerprint density at radius 3 is 2.21 bits per heavy atom. The molecule has 0 heterocycles. The van der Waals surface area contributed by atoms with E-state index in [9.17, 15) is 18.0 Å². The number of amides is 2. The standard InChI is InChI=1S/C27H28BrCl2N3O4S/c1-3-15-31-27(35)19(2)32(17-23-24(29)13-8-14-25(23)30)26(34)18-33(21-10-7-9-20(28)16-21)38(36,37)22-11-5-4-6-12-22/h4-14,16,19H,3,15,17-18H2,1-2H3,(H,31,35). The fourth-order valence-corrected chi connectivity index (χ4v) is 6.04. The third-order valence-corrected chi connectivity index (χ3v) is 8.80. The van der Waals surface area contributed by atoms with E-state index in [2.05, 4.69) is 21.2 Å². The molecule has 0 aliphatic carbocycles. The molecular formula is C27H28BrCl2N3O4S. The van der Waals surface area contributed by atoms with Gasteiger partial charge in [-0.1, -0.05) is 76.4 Å². The lowest BCUT2D eigenvalue weighted by Gasteiger charge is -2.32. The summed E-state index contributed by atoms with van der Waals surface area (Å²) in [6.45, 7) is 3.30. The van der Waals surface area contributed by atoms with E-state index in [1.54, 1.807) is 67.6 Å². The van der Waals surface area contributed by atoms with E-state index < -0.39 is 28.5 Å². The summed E-state index contributed by atoms with van der Waals surface area (Å²) in [6.07, 6.45) is 0.717. The molecule has 0 aromatic heterocycles. The SMILES string of the molecule is CCCNC(=O)C(C)N(Cc1c(Cl)cccc1Cl)C(=O)CN(c1cccc(Br)c1)S(=O)(=O)c1ccccc1. The molecule has 0 fully saturated rings. The summed E-state index contributed by atoms with van der Waals surface area (Å²) in [7, 11) is -4.14. The van der Waals surface area contributed by atoms with E-state index in [4.69, 9.17) is 23.2 Å². The largest absolute Gasteiger partial charge is 0.354 e. The molecule has 38 heavy (non-hydrogen) atoms. The van der Waals surface area contributed by atoms with Crippen LogP contribution in [0.15, 0.2) is 82.2 Å². The molecule has 0 saturated heterocycles. The molecule has 1 unspecified atom stereocenters. The van der Waals surface area contributed by atoms with Crippen molar-refractivity contribution < 1.29 is 18.0 Å². The lowest BCUT2D eigenvalue weighted by molar-refractivity contribution is -0.139. The van der Waals surface area contributed by atoms with Gasteiger partial charge in [-0.05, 0) is 55.8 Å². The second-order valence-corrected chi connectivity index (χ2v) is 12.1. The van der Waals surface area contributed by atoms with Crippen LogP contribution in [0, 0.1) is 0 Å². The zero-order valence-electron chi connectivity index (χ0n) is 20.9. The highest BCUT2D eigenvalue weighted by atomic mass is 79.9. The minimum absolute atomic E-state index is 0.0298. The van der Waals surface area contributed by atoms with Crippen LogP contribution in [0.25, 0.3) is 0 Å². The maximum Gasteiger partial charge on any atom is 0.264 e. The van der Waals surface area contributed by atoms with Crippen LogP contribution in [0.3, 0.4) is 0 Å². The number of halogens is 3. The zero-order chi connectivity index (χ0) is 27.9. The summed E-state index contributed by atoms with van der Waals surface area (Å²) >= 11 is 16.1. The number of nitrogens with one attached hydrogen (secondary N) is 1. The highest BCUT2D eigenvalue weighted by molar-refractivity contribution is 9.10. The summed E-state index contributed by atoms with van der Waals surface area (Å²) in [4.78, 5) is 28.1. The van der Waals surface area contributed by atoms with Gasteiger partial charge in [-0.3, -0.25) is 13.9 Å². The van der Waals surface area contributed by atoms with E-state index in [0.29, 0.717) is 33.0 Å². The second-order valence-electron chi connectivity index (χ2n) is 8.49. The predicted octanol–water partition coefficient (Wildman–Crippen LogP) is 5.89. The number of carbonyl (C=O) groups is 2. The van der Waals surface area contributed by atoms with Crippen LogP contribution >= 0.6 is 39.1 Å². The quantitative estimate of drug-likeness (QED) is 0.283. The minimum Gasteiger partial charge on any atom is -0.354 e. The smallest absolute Gasteiger partial charge is 0.264 e. The van der Waals surface area contributed by atoms with Crippen LogP contribution in [0.5, 0.6) is 0 Å². The molecule has 1 atom stereocenters. The Bertz CT molecular complexity index is 1370. The highest BCUT2D eigenvalue weighted by Gasteiger charge is 2.33. The van der Waals surface area contributed by atoms with Crippen molar-refractivity contribution in [1.29, 1.82) is 0 Å². The monoisotopic (exact) mass is 639 g/mol. The van der Waals surface area contributed by atoms with E-state index in [0.717, 1.165) is 4.31 Å². The van der Waals surface area contributed by atoms with Crippen LogP contribution in [0.2, 0.25) is 10.0 Å². The number of carbonyl (C=O) groups excluding carboxylic acids is 2. The van der Waals surface area contributed by atoms with Crippen molar-refractivity contribution in [3.63, 3.8) is 0 Å². The van der Waals surface area contributed by atoms with Crippen molar-refractivity contribution in [2.75, 3.05) is 17.4 Å². The fraction of sp³-hybridized carbons (Fsp3) is 0.259. The number of benzene rings is 3. The van der Waals surface area contributed by atoms with Gasteiger partial charge in [0.15, 0.2) is 0 Å². The van der Waals surface area contributed by atoms with Crippen molar-refractivity contribution in [2.45, 2.75) is 37.8 Å². The Morgan fingerprint density at radius 1 is 0.974 bits per heavy atom. The van der Waals surface area contributed by atoms with Crippen molar-refractivity contribution in [2.24, 2.45) is 0 Å². The molecule has 2 amide bonds. The van der Waals surface area contributed by atoms with Gasteiger partial charge in [0.1, 0.15) is 12.6 Å². The maximum atomic E-state index is 13.9. The van der Waals surface area contributed by atoms with Gasteiger partial charge in [-0.25, -0.2) is 8.42 Å². The third kappa shape index (κ3) is 7.28. The Morgan fingerprint density at radius 2 is 1.61 bits per heavy atom. The molecule has 1 N–H and O–H groups in total. The molecule has 0 radical (unpaired) electrons. The summed E-state index contributed by atoms with van der Waals surface area (Å²) in [5.74, 6) is -0.970. The molecule has 0 saturated carbocycles. The average Bonchev–Trinajstić information content (AvgIpc) is 2.90. The first-order valence-electron chi connectivity index (χ1n) is 11.9. The normalized spacial score (nSPS) is 12.0. The summed E-state index contributed by atoms with van der Waals surface area (Å²) < 4.78 is 29.1. The summed E-state index contributed by atoms with van der Waals surface area (Å²) in [6, 6.07) is 18.5. The summed E-state index contributed by atoms with van der Waals surface area (Å²) in [5, 5.41) is 3.46. The molecule has 202 valence electrons. The Hall–Kier alpha value is -2.59. The van der Waals surface area contributed by atoms with Crippen LogP contribution in [-0.4, -0.2) is 44.3 Å². The lowest BCUT2D eigenvalue weighted by atomic mass is 10.1. The molecule has 0 aliphatic heterocycles.